The number of esters is 1. The van der Waals surface area contributed by atoms with Crippen LogP contribution < -0.4 is 10.1 Å². The molecule has 4 atom stereocenters. The highest BCUT2D eigenvalue weighted by molar-refractivity contribution is 5.73. The SMILES string of the molecule is CCOC(=O)[C@H]1CCC[C@@]2(C#N)CN[C@H](c3ccc(OC)cc3)C[C@H]12. The molecule has 2 aliphatic rings. The Morgan fingerprint density at radius 3 is 2.80 bits per heavy atom. The van der Waals surface area contributed by atoms with E-state index in [1.807, 2.05) is 19.1 Å². The quantitative estimate of drug-likeness (QED) is 0.851. The van der Waals surface area contributed by atoms with Crippen LogP contribution in [0.2, 0.25) is 0 Å². The van der Waals surface area contributed by atoms with Gasteiger partial charge in [0, 0.05) is 12.6 Å². The molecule has 5 heteroatoms. The molecule has 1 heterocycles. The lowest BCUT2D eigenvalue weighted by molar-refractivity contribution is -0.154. The van der Waals surface area contributed by atoms with Crippen LogP contribution in [0.1, 0.15) is 44.2 Å². The van der Waals surface area contributed by atoms with E-state index in [0.717, 1.165) is 31.4 Å². The van der Waals surface area contributed by atoms with Gasteiger partial charge in [-0.3, -0.25) is 4.79 Å². The van der Waals surface area contributed by atoms with Gasteiger partial charge in [-0.05, 0) is 49.8 Å². The van der Waals surface area contributed by atoms with Crippen LogP contribution in [-0.4, -0.2) is 26.2 Å². The molecule has 0 aromatic heterocycles. The first kappa shape index (κ1) is 17.8. The molecule has 0 unspecified atom stereocenters. The molecular formula is C20H26N2O3. The molecule has 0 radical (unpaired) electrons. The average Bonchev–Trinajstić information content (AvgIpc) is 2.67. The molecule has 1 aromatic rings. The van der Waals surface area contributed by atoms with Gasteiger partial charge in [-0.15, -0.1) is 0 Å². The predicted molar refractivity (Wildman–Crippen MR) is 93.9 cm³/mol. The normalized spacial score (nSPS) is 31.5. The Hall–Kier alpha value is -2.06. The van der Waals surface area contributed by atoms with E-state index in [-0.39, 0.29) is 23.8 Å². The van der Waals surface area contributed by atoms with Gasteiger partial charge < -0.3 is 14.8 Å². The Bertz CT molecular complexity index is 652. The third-order valence-corrected chi connectivity index (χ3v) is 5.82. The van der Waals surface area contributed by atoms with Crippen LogP contribution in [0.15, 0.2) is 24.3 Å². The number of ether oxygens (including phenoxy) is 2. The summed E-state index contributed by atoms with van der Waals surface area (Å²) in [5.41, 5.74) is 0.707. The number of rotatable bonds is 4. The minimum Gasteiger partial charge on any atom is -0.497 e. The van der Waals surface area contributed by atoms with Crippen LogP contribution in [0.5, 0.6) is 5.75 Å². The molecular weight excluding hydrogens is 316 g/mol. The molecule has 5 nitrogen and oxygen atoms in total. The van der Waals surface area contributed by atoms with Crippen LogP contribution in [0.4, 0.5) is 0 Å². The zero-order valence-corrected chi connectivity index (χ0v) is 15.0. The molecule has 0 bridgehead atoms. The molecule has 1 aliphatic carbocycles. The fraction of sp³-hybridized carbons (Fsp3) is 0.600. The van der Waals surface area contributed by atoms with Crippen molar-refractivity contribution >= 4 is 5.97 Å². The second-order valence-corrected chi connectivity index (χ2v) is 7.07. The van der Waals surface area contributed by atoms with Crippen LogP contribution >= 0.6 is 0 Å². The first-order valence-electron chi connectivity index (χ1n) is 9.08. The summed E-state index contributed by atoms with van der Waals surface area (Å²) in [4.78, 5) is 12.5. The third-order valence-electron chi connectivity index (χ3n) is 5.82. The number of hydrogen-bond acceptors (Lipinski definition) is 5. The van der Waals surface area contributed by atoms with Gasteiger partial charge in [-0.25, -0.2) is 0 Å². The van der Waals surface area contributed by atoms with Gasteiger partial charge in [0.1, 0.15) is 5.75 Å². The number of nitrogens with one attached hydrogen (secondary N) is 1. The Kier molecular flexibility index (Phi) is 5.29. The van der Waals surface area contributed by atoms with E-state index in [9.17, 15) is 10.1 Å². The molecule has 25 heavy (non-hydrogen) atoms. The van der Waals surface area contributed by atoms with Gasteiger partial charge in [0.05, 0.1) is 31.1 Å². The van der Waals surface area contributed by atoms with Gasteiger partial charge in [0.25, 0.3) is 0 Å². The van der Waals surface area contributed by atoms with E-state index in [1.165, 1.54) is 5.56 Å². The maximum absolute atomic E-state index is 12.5. The lowest BCUT2D eigenvalue weighted by Gasteiger charge is -2.48. The van der Waals surface area contributed by atoms with Gasteiger partial charge in [0.2, 0.25) is 0 Å². The fourth-order valence-corrected chi connectivity index (χ4v) is 4.46. The number of benzene rings is 1. The van der Waals surface area contributed by atoms with Crippen molar-refractivity contribution in [3.05, 3.63) is 29.8 Å². The molecule has 0 spiro atoms. The van der Waals surface area contributed by atoms with Crippen molar-refractivity contribution in [1.82, 2.24) is 5.32 Å². The Morgan fingerprint density at radius 2 is 2.16 bits per heavy atom. The molecule has 1 aliphatic heterocycles. The summed E-state index contributed by atoms with van der Waals surface area (Å²) in [6, 6.07) is 10.7. The standard InChI is InChI=1S/C20H26N2O3/c1-3-25-19(23)16-5-4-10-20(12-21)13-22-18(11-17(16)20)14-6-8-15(24-2)9-7-14/h6-9,16-18,22H,3-5,10-11,13H2,1-2H3/t16-,17+,18-,20+/m0/s1. The number of piperidine rings is 1. The van der Waals surface area contributed by atoms with E-state index < -0.39 is 5.41 Å². The van der Waals surface area contributed by atoms with Gasteiger partial charge in [-0.2, -0.15) is 5.26 Å². The highest BCUT2D eigenvalue weighted by Crippen LogP contribution is 2.50. The smallest absolute Gasteiger partial charge is 0.309 e. The summed E-state index contributed by atoms with van der Waals surface area (Å²) >= 11 is 0. The van der Waals surface area contributed by atoms with Gasteiger partial charge in [-0.1, -0.05) is 18.6 Å². The molecule has 1 saturated carbocycles. The number of methoxy groups -OCH3 is 1. The second kappa shape index (κ2) is 7.45. The van der Waals surface area contributed by atoms with Crippen molar-refractivity contribution in [1.29, 1.82) is 5.26 Å². The predicted octanol–water partition coefficient (Wildman–Crippen LogP) is 3.22. The molecule has 1 saturated heterocycles. The number of carbonyl (C=O) groups is 1. The monoisotopic (exact) mass is 342 g/mol. The lowest BCUT2D eigenvalue weighted by atomic mass is 9.58. The Labute approximate surface area is 149 Å². The molecule has 2 fully saturated rings. The topological polar surface area (TPSA) is 71.4 Å². The molecule has 1 aromatic carbocycles. The molecule has 0 amide bonds. The first-order valence-corrected chi connectivity index (χ1v) is 9.08. The third kappa shape index (κ3) is 3.36. The summed E-state index contributed by atoms with van der Waals surface area (Å²) in [6.07, 6.45) is 3.36. The number of nitrogens with zero attached hydrogens (tertiary/aromatic N) is 1. The van der Waals surface area contributed by atoms with Crippen LogP contribution in [-0.2, 0) is 9.53 Å². The highest BCUT2D eigenvalue weighted by atomic mass is 16.5. The minimum absolute atomic E-state index is 0.0404. The Morgan fingerprint density at radius 1 is 1.40 bits per heavy atom. The summed E-state index contributed by atoms with van der Waals surface area (Å²) < 4.78 is 10.5. The number of fused-ring (bicyclic) bond motifs is 1. The van der Waals surface area contributed by atoms with E-state index >= 15 is 0 Å². The van der Waals surface area contributed by atoms with Crippen molar-refractivity contribution < 1.29 is 14.3 Å². The number of carbonyl (C=O) groups excluding carboxylic acids is 1. The maximum Gasteiger partial charge on any atom is 0.309 e. The zero-order valence-electron chi connectivity index (χ0n) is 15.0. The van der Waals surface area contributed by atoms with Crippen molar-refractivity contribution in [3.63, 3.8) is 0 Å². The van der Waals surface area contributed by atoms with Crippen molar-refractivity contribution in [2.75, 3.05) is 20.3 Å². The van der Waals surface area contributed by atoms with Crippen molar-refractivity contribution in [2.24, 2.45) is 17.3 Å². The van der Waals surface area contributed by atoms with E-state index in [2.05, 4.69) is 23.5 Å². The van der Waals surface area contributed by atoms with Crippen LogP contribution in [0.25, 0.3) is 0 Å². The van der Waals surface area contributed by atoms with Gasteiger partial charge in [0.15, 0.2) is 0 Å². The van der Waals surface area contributed by atoms with Crippen molar-refractivity contribution in [3.8, 4) is 11.8 Å². The Balaban J connectivity index is 1.84. The minimum atomic E-state index is -0.460. The fourth-order valence-electron chi connectivity index (χ4n) is 4.46. The summed E-state index contributed by atoms with van der Waals surface area (Å²) in [5.74, 6) is 0.560. The largest absolute Gasteiger partial charge is 0.497 e. The maximum atomic E-state index is 12.5. The molecule has 134 valence electrons. The first-order chi connectivity index (χ1) is 12.1. The van der Waals surface area contributed by atoms with Gasteiger partial charge >= 0.3 is 5.97 Å². The van der Waals surface area contributed by atoms with E-state index in [4.69, 9.17) is 9.47 Å². The molecule has 1 N–H and O–H groups in total. The summed E-state index contributed by atoms with van der Waals surface area (Å²) in [6.45, 7) is 2.85. The highest BCUT2D eigenvalue weighted by Gasteiger charge is 2.52. The van der Waals surface area contributed by atoms with Crippen LogP contribution in [0.3, 0.4) is 0 Å². The van der Waals surface area contributed by atoms with Crippen LogP contribution in [0, 0.1) is 28.6 Å². The molecule has 3 rings (SSSR count). The summed E-state index contributed by atoms with van der Waals surface area (Å²) in [5, 5.41) is 13.4. The number of hydrogen-bond donors (Lipinski definition) is 1. The number of nitriles is 1. The van der Waals surface area contributed by atoms with Crippen molar-refractivity contribution in [2.45, 2.75) is 38.6 Å². The second-order valence-electron chi connectivity index (χ2n) is 7.07. The van der Waals surface area contributed by atoms with E-state index in [0.29, 0.717) is 13.2 Å². The lowest BCUT2D eigenvalue weighted by Crippen LogP contribution is -2.53. The zero-order chi connectivity index (χ0) is 17.9. The summed E-state index contributed by atoms with van der Waals surface area (Å²) in [7, 11) is 1.65. The average molecular weight is 342 g/mol. The van der Waals surface area contributed by atoms with E-state index in [1.54, 1.807) is 7.11 Å².